The van der Waals surface area contributed by atoms with Crippen LogP contribution in [0.15, 0.2) is 6.07 Å². The highest BCUT2D eigenvalue weighted by molar-refractivity contribution is 5.25. The van der Waals surface area contributed by atoms with E-state index in [9.17, 15) is 0 Å². The molecule has 0 saturated carbocycles. The van der Waals surface area contributed by atoms with Gasteiger partial charge in [-0.15, -0.1) is 0 Å². The van der Waals surface area contributed by atoms with Crippen molar-refractivity contribution < 1.29 is 14.6 Å². The highest BCUT2D eigenvalue weighted by Gasteiger charge is 2.12. The van der Waals surface area contributed by atoms with Crippen LogP contribution >= 0.6 is 0 Å². The summed E-state index contributed by atoms with van der Waals surface area (Å²) in [6.07, 6.45) is -0.642. The van der Waals surface area contributed by atoms with E-state index in [1.54, 1.807) is 0 Å². The summed E-state index contributed by atoms with van der Waals surface area (Å²) >= 11 is 0. The standard InChI is InChI=1S/C7H11N3O3/c1-12-6(13-2)4-3-5(11)10-7(8)9-4/h3,6H,1-2H3,(H3,8,9,10,11). The molecule has 72 valence electrons. The van der Waals surface area contributed by atoms with E-state index in [2.05, 4.69) is 9.97 Å². The predicted molar refractivity (Wildman–Crippen MR) is 44.9 cm³/mol. The summed E-state index contributed by atoms with van der Waals surface area (Å²) in [6, 6.07) is 1.33. The van der Waals surface area contributed by atoms with Crippen LogP contribution in [0, 0.1) is 0 Å². The Bertz CT molecular complexity index is 268. The Balaban J connectivity index is 2.99. The molecule has 1 rings (SSSR count). The third-order valence-corrected chi connectivity index (χ3v) is 1.42. The van der Waals surface area contributed by atoms with Gasteiger partial charge >= 0.3 is 0 Å². The van der Waals surface area contributed by atoms with Crippen LogP contribution in [0.4, 0.5) is 5.95 Å². The molecule has 0 saturated heterocycles. The van der Waals surface area contributed by atoms with Gasteiger partial charge in [-0.25, -0.2) is 4.98 Å². The lowest BCUT2D eigenvalue weighted by molar-refractivity contribution is -0.108. The first kappa shape index (κ1) is 9.69. The number of hydrogen-bond acceptors (Lipinski definition) is 6. The zero-order valence-electron chi connectivity index (χ0n) is 7.39. The van der Waals surface area contributed by atoms with Crippen LogP contribution in [0.5, 0.6) is 5.88 Å². The minimum absolute atomic E-state index is 0.0194. The van der Waals surface area contributed by atoms with Crippen molar-refractivity contribution >= 4 is 5.95 Å². The third kappa shape index (κ3) is 2.27. The van der Waals surface area contributed by atoms with E-state index in [1.165, 1.54) is 20.3 Å². The van der Waals surface area contributed by atoms with Crippen molar-refractivity contribution in [1.29, 1.82) is 0 Å². The first-order valence-electron chi connectivity index (χ1n) is 3.56. The lowest BCUT2D eigenvalue weighted by atomic mass is 10.4. The number of rotatable bonds is 3. The monoisotopic (exact) mass is 185 g/mol. The highest BCUT2D eigenvalue weighted by atomic mass is 16.7. The van der Waals surface area contributed by atoms with Crippen LogP contribution in [0.3, 0.4) is 0 Å². The summed E-state index contributed by atoms with van der Waals surface area (Å²) < 4.78 is 9.83. The quantitative estimate of drug-likeness (QED) is 0.647. The van der Waals surface area contributed by atoms with Crippen LogP contribution in [0.25, 0.3) is 0 Å². The van der Waals surface area contributed by atoms with Gasteiger partial charge in [0, 0.05) is 20.3 Å². The van der Waals surface area contributed by atoms with E-state index in [-0.39, 0.29) is 11.8 Å². The molecule has 0 spiro atoms. The summed E-state index contributed by atoms with van der Waals surface area (Å²) in [4.78, 5) is 7.33. The Morgan fingerprint density at radius 3 is 2.46 bits per heavy atom. The SMILES string of the molecule is COC(OC)c1cc(O)nc(N)n1. The average Bonchev–Trinajstić information content (AvgIpc) is 2.04. The Kier molecular flexibility index (Phi) is 2.99. The fraction of sp³-hybridized carbons (Fsp3) is 0.429. The third-order valence-electron chi connectivity index (χ3n) is 1.42. The molecule has 1 heterocycles. The Hall–Kier alpha value is -1.40. The van der Waals surface area contributed by atoms with Gasteiger partial charge in [-0.3, -0.25) is 0 Å². The molecular formula is C7H11N3O3. The first-order valence-corrected chi connectivity index (χ1v) is 3.56. The largest absolute Gasteiger partial charge is 0.493 e. The van der Waals surface area contributed by atoms with Crippen molar-refractivity contribution in [3.63, 3.8) is 0 Å². The first-order chi connectivity index (χ1) is 6.17. The second kappa shape index (κ2) is 4.01. The molecule has 6 nitrogen and oxygen atoms in total. The van der Waals surface area contributed by atoms with Crippen LogP contribution in [-0.4, -0.2) is 29.3 Å². The minimum Gasteiger partial charge on any atom is -0.493 e. The zero-order chi connectivity index (χ0) is 9.84. The Morgan fingerprint density at radius 1 is 1.38 bits per heavy atom. The fourth-order valence-electron chi connectivity index (χ4n) is 0.930. The number of nitrogen functional groups attached to an aromatic ring is 1. The molecule has 13 heavy (non-hydrogen) atoms. The van der Waals surface area contributed by atoms with Gasteiger partial charge in [0.05, 0.1) is 0 Å². The van der Waals surface area contributed by atoms with Gasteiger partial charge in [0.15, 0.2) is 0 Å². The Labute approximate surface area is 75.3 Å². The molecule has 1 aromatic rings. The summed E-state index contributed by atoms with van der Waals surface area (Å²) in [5.41, 5.74) is 5.70. The number of aromatic nitrogens is 2. The highest BCUT2D eigenvalue weighted by Crippen LogP contribution is 2.18. The molecule has 0 aliphatic carbocycles. The summed E-state index contributed by atoms with van der Waals surface area (Å²) in [5.74, 6) is -0.226. The van der Waals surface area contributed by atoms with Crippen molar-refractivity contribution in [2.24, 2.45) is 0 Å². The molecule has 0 aliphatic rings. The van der Waals surface area contributed by atoms with E-state index < -0.39 is 6.29 Å². The van der Waals surface area contributed by atoms with Crippen molar-refractivity contribution in [2.45, 2.75) is 6.29 Å². The summed E-state index contributed by atoms with van der Waals surface area (Å²) in [6.45, 7) is 0. The molecule has 0 amide bonds. The van der Waals surface area contributed by atoms with Gasteiger partial charge in [-0.05, 0) is 0 Å². The number of anilines is 1. The molecule has 0 aromatic carbocycles. The number of ether oxygens (including phenoxy) is 2. The average molecular weight is 185 g/mol. The lowest BCUT2D eigenvalue weighted by Crippen LogP contribution is -2.08. The smallest absolute Gasteiger partial charge is 0.223 e. The lowest BCUT2D eigenvalue weighted by Gasteiger charge is -2.12. The Morgan fingerprint density at radius 2 is 2.00 bits per heavy atom. The molecule has 1 aromatic heterocycles. The number of methoxy groups -OCH3 is 2. The molecular weight excluding hydrogens is 174 g/mol. The maximum atomic E-state index is 9.09. The molecule has 0 aliphatic heterocycles. The maximum absolute atomic E-state index is 9.09. The molecule has 0 unspecified atom stereocenters. The van der Waals surface area contributed by atoms with Crippen LogP contribution in [0.1, 0.15) is 12.0 Å². The maximum Gasteiger partial charge on any atom is 0.223 e. The van der Waals surface area contributed by atoms with E-state index >= 15 is 0 Å². The molecule has 0 fully saturated rings. The predicted octanol–water partition coefficient (Wildman–Crippen LogP) is 0.0558. The van der Waals surface area contributed by atoms with E-state index in [1.807, 2.05) is 0 Å². The van der Waals surface area contributed by atoms with E-state index in [4.69, 9.17) is 20.3 Å². The molecule has 0 bridgehead atoms. The van der Waals surface area contributed by atoms with E-state index in [0.717, 1.165) is 0 Å². The van der Waals surface area contributed by atoms with Gasteiger partial charge in [0.25, 0.3) is 0 Å². The molecule has 6 heteroatoms. The molecule has 3 N–H and O–H groups in total. The van der Waals surface area contributed by atoms with Gasteiger partial charge in [0.2, 0.25) is 18.1 Å². The van der Waals surface area contributed by atoms with Gasteiger partial charge in [0.1, 0.15) is 5.69 Å². The van der Waals surface area contributed by atoms with Gasteiger partial charge in [-0.2, -0.15) is 4.98 Å². The number of nitrogens with two attached hydrogens (primary N) is 1. The molecule has 0 radical (unpaired) electrons. The van der Waals surface area contributed by atoms with Crippen molar-refractivity contribution in [2.75, 3.05) is 20.0 Å². The van der Waals surface area contributed by atoms with E-state index in [0.29, 0.717) is 5.69 Å². The topological polar surface area (TPSA) is 90.5 Å². The fourth-order valence-corrected chi connectivity index (χ4v) is 0.930. The van der Waals surface area contributed by atoms with Crippen molar-refractivity contribution in [1.82, 2.24) is 9.97 Å². The van der Waals surface area contributed by atoms with Crippen molar-refractivity contribution in [3.8, 4) is 5.88 Å². The number of aromatic hydroxyl groups is 1. The normalized spacial score (nSPS) is 10.7. The van der Waals surface area contributed by atoms with Gasteiger partial charge in [-0.1, -0.05) is 0 Å². The van der Waals surface area contributed by atoms with Crippen molar-refractivity contribution in [3.05, 3.63) is 11.8 Å². The minimum atomic E-state index is -0.642. The second-order valence-corrected chi connectivity index (χ2v) is 2.31. The summed E-state index contributed by atoms with van der Waals surface area (Å²) in [7, 11) is 2.92. The summed E-state index contributed by atoms with van der Waals surface area (Å²) in [5, 5.41) is 9.09. The van der Waals surface area contributed by atoms with Gasteiger partial charge < -0.3 is 20.3 Å². The second-order valence-electron chi connectivity index (χ2n) is 2.31. The van der Waals surface area contributed by atoms with Crippen LogP contribution in [0.2, 0.25) is 0 Å². The number of hydrogen-bond donors (Lipinski definition) is 2. The zero-order valence-corrected chi connectivity index (χ0v) is 7.39. The van der Waals surface area contributed by atoms with Crippen LogP contribution in [-0.2, 0) is 9.47 Å². The van der Waals surface area contributed by atoms with Crippen LogP contribution < -0.4 is 5.73 Å². The molecule has 0 atom stereocenters. The number of nitrogens with zero attached hydrogens (tertiary/aromatic N) is 2.